The zero-order chi connectivity index (χ0) is 50.4. The van der Waals surface area contributed by atoms with Crippen LogP contribution in [-0.4, -0.2) is 169 Å². The van der Waals surface area contributed by atoms with E-state index < -0.39 is 164 Å². The molecule has 0 aromatic rings. The van der Waals surface area contributed by atoms with Crippen LogP contribution in [-0.2, 0) is 57.5 Å². The minimum absolute atomic E-state index is 0.0170. The molecule has 0 spiro atoms. The Morgan fingerprint density at radius 1 is 0.591 bits per heavy atom. The number of nitrogens with two attached hydrogens (primary N) is 1. The van der Waals surface area contributed by atoms with Crippen LogP contribution in [0.4, 0.5) is 0 Å². The van der Waals surface area contributed by atoms with Crippen LogP contribution in [0, 0.1) is 11.8 Å². The standard InChI is InChI=1S/C40H64N8O17S/c1-19(2)17-25(36(60)47-32(20(3)4)38(62)44-24(14-16-66-5)35(59)46-26(40(64)65)18-31(55)56)45-34(58)22(9-12-29(51)52)42-33(57)23(10-13-30(53)54)43-37(61)27-7-6-15-48(27)39(63)21(41)8-11-28(49)50/h19-27,32H,6-18,41H2,1-5H3,(H,42,57)(H,43,61)(H,44,62)(H,45,58)(H,46,59)(H,47,60)(H,49,50)(H,51,52)(H,53,54)(H,55,56)(H,64,65)/t21-,22-,23-,24-,25-,26-,27-,32-/m0/s1. The Morgan fingerprint density at radius 3 is 1.52 bits per heavy atom. The zero-order valence-corrected chi connectivity index (χ0v) is 38.4. The van der Waals surface area contributed by atoms with Crippen molar-refractivity contribution < 1.29 is 83.1 Å². The van der Waals surface area contributed by atoms with Gasteiger partial charge in [-0.25, -0.2) is 4.79 Å². The largest absolute Gasteiger partial charge is 0.481 e. The number of carbonyl (C=O) groups excluding carboxylic acids is 7. The van der Waals surface area contributed by atoms with Crippen molar-refractivity contribution in [3.63, 3.8) is 0 Å². The maximum atomic E-state index is 13.9. The highest BCUT2D eigenvalue weighted by atomic mass is 32.2. The molecule has 1 heterocycles. The quantitative estimate of drug-likeness (QED) is 0.0351. The van der Waals surface area contributed by atoms with Crippen LogP contribution in [0.1, 0.15) is 98.3 Å². The van der Waals surface area contributed by atoms with Gasteiger partial charge in [-0.15, -0.1) is 0 Å². The Hall–Kier alpha value is -6.05. The number of amides is 7. The maximum absolute atomic E-state index is 13.9. The summed E-state index contributed by atoms with van der Waals surface area (Å²) in [5.41, 5.74) is 5.89. The number of hydrogen-bond acceptors (Lipinski definition) is 14. The Kier molecular flexibility index (Phi) is 25.3. The number of carboxylic acids is 5. The first-order valence-electron chi connectivity index (χ1n) is 21.3. The molecule has 0 aromatic carbocycles. The SMILES string of the molecule is CSCC[C@H](NC(=O)[C@@H](NC(=O)[C@H](CC(C)C)NC(=O)[C@H](CCC(=O)O)NC(=O)[C@H](CCC(=O)O)NC(=O)[C@@H]1CCCN1C(=O)[C@@H](N)CCC(=O)O)C(C)C)C(=O)N[C@@H](CC(=O)O)C(=O)O. The number of hydrogen-bond donors (Lipinski definition) is 12. The van der Waals surface area contributed by atoms with Gasteiger partial charge < -0.3 is 68.1 Å². The first kappa shape index (κ1) is 58.0. The molecule has 8 atom stereocenters. The summed E-state index contributed by atoms with van der Waals surface area (Å²) in [6.45, 7) is 6.59. The Balaban J connectivity index is 3.37. The average molecular weight is 961 g/mol. The Labute approximate surface area is 384 Å². The molecule has 66 heavy (non-hydrogen) atoms. The van der Waals surface area contributed by atoms with Gasteiger partial charge in [0.15, 0.2) is 0 Å². The zero-order valence-electron chi connectivity index (χ0n) is 37.5. The van der Waals surface area contributed by atoms with E-state index in [1.807, 2.05) is 0 Å². The third-order valence-corrected chi connectivity index (χ3v) is 10.9. The monoisotopic (exact) mass is 960 g/mol. The van der Waals surface area contributed by atoms with Gasteiger partial charge in [-0.1, -0.05) is 27.7 Å². The number of carbonyl (C=O) groups is 12. The molecule has 1 aliphatic rings. The van der Waals surface area contributed by atoms with Crippen molar-refractivity contribution in [1.29, 1.82) is 0 Å². The minimum Gasteiger partial charge on any atom is -0.481 e. The normalized spacial score (nSPS) is 16.6. The summed E-state index contributed by atoms with van der Waals surface area (Å²) < 4.78 is 0. The van der Waals surface area contributed by atoms with Crippen LogP contribution in [0.3, 0.4) is 0 Å². The van der Waals surface area contributed by atoms with Gasteiger partial charge in [0.25, 0.3) is 0 Å². The van der Waals surface area contributed by atoms with E-state index in [-0.39, 0.29) is 38.1 Å². The second-order valence-corrected chi connectivity index (χ2v) is 17.5. The van der Waals surface area contributed by atoms with Crippen molar-refractivity contribution in [3.8, 4) is 0 Å². The van der Waals surface area contributed by atoms with Gasteiger partial charge in [-0.05, 0) is 68.8 Å². The smallest absolute Gasteiger partial charge is 0.326 e. The molecule has 0 aromatic heterocycles. The van der Waals surface area contributed by atoms with Crippen molar-refractivity contribution in [1.82, 2.24) is 36.8 Å². The highest BCUT2D eigenvalue weighted by molar-refractivity contribution is 7.98. The number of nitrogens with zero attached hydrogens (tertiary/aromatic N) is 1. The predicted molar refractivity (Wildman–Crippen MR) is 232 cm³/mol. The molecule has 7 amide bonds. The molecule has 372 valence electrons. The fourth-order valence-corrected chi connectivity index (χ4v) is 7.18. The van der Waals surface area contributed by atoms with Crippen LogP contribution in [0.25, 0.3) is 0 Å². The molecule has 1 fully saturated rings. The maximum Gasteiger partial charge on any atom is 0.326 e. The lowest BCUT2D eigenvalue weighted by atomic mass is 9.99. The molecule has 0 radical (unpaired) electrons. The van der Waals surface area contributed by atoms with Crippen LogP contribution in [0.2, 0.25) is 0 Å². The first-order chi connectivity index (χ1) is 30.8. The molecule has 25 nitrogen and oxygen atoms in total. The summed E-state index contributed by atoms with van der Waals surface area (Å²) in [6.07, 6.45) is -1.89. The molecule has 0 aliphatic carbocycles. The molecule has 13 N–H and O–H groups in total. The molecular formula is C40H64N8O17S. The van der Waals surface area contributed by atoms with Crippen molar-refractivity contribution in [2.45, 2.75) is 147 Å². The van der Waals surface area contributed by atoms with Gasteiger partial charge >= 0.3 is 29.8 Å². The fraction of sp³-hybridized carbons (Fsp3) is 0.700. The Bertz CT molecular complexity index is 1780. The van der Waals surface area contributed by atoms with Gasteiger partial charge in [0.1, 0.15) is 42.3 Å². The third kappa shape index (κ3) is 20.8. The van der Waals surface area contributed by atoms with Gasteiger partial charge in [-0.3, -0.25) is 52.7 Å². The number of nitrogens with one attached hydrogen (secondary N) is 6. The molecule has 0 saturated carbocycles. The molecule has 26 heteroatoms. The lowest BCUT2D eigenvalue weighted by Gasteiger charge is -2.30. The van der Waals surface area contributed by atoms with E-state index in [0.29, 0.717) is 12.2 Å². The third-order valence-electron chi connectivity index (χ3n) is 10.2. The molecular weight excluding hydrogens is 897 g/mol. The number of aliphatic carboxylic acids is 5. The van der Waals surface area contributed by atoms with E-state index >= 15 is 0 Å². The molecule has 1 aliphatic heterocycles. The summed E-state index contributed by atoms with van der Waals surface area (Å²) in [4.78, 5) is 153. The topological polar surface area (TPSA) is 407 Å². The number of thioether (sulfide) groups is 1. The second-order valence-electron chi connectivity index (χ2n) is 16.5. The predicted octanol–water partition coefficient (Wildman–Crippen LogP) is -2.18. The summed E-state index contributed by atoms with van der Waals surface area (Å²) >= 11 is 1.29. The summed E-state index contributed by atoms with van der Waals surface area (Å²) in [5.74, 6) is -14.2. The van der Waals surface area contributed by atoms with Crippen LogP contribution >= 0.6 is 11.8 Å². The summed E-state index contributed by atoms with van der Waals surface area (Å²) in [7, 11) is 0. The van der Waals surface area contributed by atoms with Crippen LogP contribution < -0.4 is 37.6 Å². The van der Waals surface area contributed by atoms with Crippen molar-refractivity contribution >= 4 is 83.0 Å². The molecule has 0 bridgehead atoms. The van der Waals surface area contributed by atoms with Crippen molar-refractivity contribution in [3.05, 3.63) is 0 Å². The first-order valence-corrected chi connectivity index (χ1v) is 22.7. The lowest BCUT2D eigenvalue weighted by Crippen LogP contribution is -2.61. The Morgan fingerprint density at radius 2 is 1.05 bits per heavy atom. The van der Waals surface area contributed by atoms with Crippen molar-refractivity contribution in [2.24, 2.45) is 17.6 Å². The fourth-order valence-electron chi connectivity index (χ4n) is 6.71. The number of likely N-dealkylation sites (tertiary alicyclic amines) is 1. The average Bonchev–Trinajstić information content (AvgIpc) is 3.72. The van der Waals surface area contributed by atoms with E-state index in [1.165, 1.54) is 11.8 Å². The minimum atomic E-state index is -1.81. The van der Waals surface area contributed by atoms with Crippen LogP contribution in [0.15, 0.2) is 0 Å². The molecule has 1 saturated heterocycles. The van der Waals surface area contributed by atoms with E-state index in [9.17, 15) is 72.9 Å². The van der Waals surface area contributed by atoms with E-state index in [1.54, 1.807) is 34.0 Å². The van der Waals surface area contributed by atoms with Crippen LogP contribution in [0.5, 0.6) is 0 Å². The van der Waals surface area contributed by atoms with Gasteiger partial charge in [0.05, 0.1) is 12.5 Å². The highest BCUT2D eigenvalue weighted by Gasteiger charge is 2.39. The van der Waals surface area contributed by atoms with Crippen molar-refractivity contribution in [2.75, 3.05) is 18.6 Å². The lowest BCUT2D eigenvalue weighted by molar-refractivity contribution is -0.147. The van der Waals surface area contributed by atoms with Gasteiger partial charge in [0.2, 0.25) is 41.4 Å². The van der Waals surface area contributed by atoms with Gasteiger partial charge in [-0.2, -0.15) is 11.8 Å². The van der Waals surface area contributed by atoms with E-state index in [2.05, 4.69) is 31.9 Å². The van der Waals surface area contributed by atoms with E-state index in [0.717, 1.165) is 4.90 Å². The summed E-state index contributed by atoms with van der Waals surface area (Å²) in [6, 6.07) is -11.7. The van der Waals surface area contributed by atoms with E-state index in [4.69, 9.17) is 15.9 Å². The number of carboxylic acid groups (broad SMARTS) is 5. The van der Waals surface area contributed by atoms with Gasteiger partial charge in [0, 0.05) is 25.8 Å². The number of rotatable bonds is 31. The second kappa shape index (κ2) is 28.8. The molecule has 1 rings (SSSR count). The summed E-state index contributed by atoms with van der Waals surface area (Å²) in [5, 5.41) is 60.7. The molecule has 0 unspecified atom stereocenters. The highest BCUT2D eigenvalue weighted by Crippen LogP contribution is 2.20.